The Labute approximate surface area is 143 Å². The fourth-order valence-corrected chi connectivity index (χ4v) is 6.13. The van der Waals surface area contributed by atoms with Gasteiger partial charge in [0.2, 0.25) is 5.91 Å². The number of hydrogen-bond acceptors (Lipinski definition) is 1. The topological polar surface area (TPSA) is 44.9 Å². The second kappa shape index (κ2) is 5.65. The lowest BCUT2D eigenvalue weighted by molar-refractivity contribution is -0.138. The third kappa shape index (κ3) is 2.37. The smallest absolute Gasteiger partial charge is 0.223 e. The zero-order chi connectivity index (χ0) is 16.1. The summed E-state index contributed by atoms with van der Waals surface area (Å²) in [6, 6.07) is 8.39. The third-order valence-electron chi connectivity index (χ3n) is 6.90. The maximum Gasteiger partial charge on any atom is 0.223 e. The number of carbonyl (C=O) groups excluding carboxylic acids is 1. The standard InChI is InChI=1S/C21H26N2O/c24-21(20-16-8-13-7-14(10-16)11-17(20)9-13)22-6-5-15-12-23-19-4-2-1-3-18(15)19/h1-4,12-14,16-17,20,23H,5-11H2,(H,22,24). The van der Waals surface area contributed by atoms with Crippen LogP contribution in [0.4, 0.5) is 0 Å². The van der Waals surface area contributed by atoms with Gasteiger partial charge in [0.1, 0.15) is 0 Å². The van der Waals surface area contributed by atoms with Crippen molar-refractivity contribution in [1.29, 1.82) is 0 Å². The molecule has 6 rings (SSSR count). The molecule has 24 heavy (non-hydrogen) atoms. The fraction of sp³-hybridized carbons (Fsp3) is 0.571. The van der Waals surface area contributed by atoms with Crippen LogP contribution in [0.5, 0.6) is 0 Å². The van der Waals surface area contributed by atoms with Gasteiger partial charge in [-0.05, 0) is 73.8 Å². The molecule has 0 saturated heterocycles. The van der Waals surface area contributed by atoms with E-state index in [1.54, 1.807) is 0 Å². The molecule has 1 aromatic carbocycles. The summed E-state index contributed by atoms with van der Waals surface area (Å²) < 4.78 is 0. The number of aromatic nitrogens is 1. The first-order chi connectivity index (χ1) is 11.8. The first-order valence-corrected chi connectivity index (χ1v) is 9.60. The van der Waals surface area contributed by atoms with Gasteiger partial charge in [0.25, 0.3) is 0 Å². The molecule has 1 aromatic heterocycles. The number of benzene rings is 1. The van der Waals surface area contributed by atoms with E-state index in [-0.39, 0.29) is 0 Å². The zero-order valence-electron chi connectivity index (χ0n) is 14.1. The van der Waals surface area contributed by atoms with Crippen molar-refractivity contribution in [3.05, 3.63) is 36.0 Å². The minimum atomic E-state index is 0.306. The summed E-state index contributed by atoms with van der Waals surface area (Å²) >= 11 is 0. The molecular weight excluding hydrogens is 296 g/mol. The van der Waals surface area contributed by atoms with Crippen molar-refractivity contribution in [2.24, 2.45) is 29.6 Å². The second-order valence-electron chi connectivity index (χ2n) is 8.36. The average Bonchev–Trinajstić information content (AvgIpc) is 2.97. The Morgan fingerprint density at radius 1 is 1.04 bits per heavy atom. The number of rotatable bonds is 4. The maximum absolute atomic E-state index is 12.8. The minimum absolute atomic E-state index is 0.306. The third-order valence-corrected chi connectivity index (χ3v) is 6.90. The maximum atomic E-state index is 12.8. The van der Waals surface area contributed by atoms with E-state index in [0.717, 1.165) is 24.8 Å². The van der Waals surface area contributed by atoms with E-state index in [4.69, 9.17) is 0 Å². The van der Waals surface area contributed by atoms with E-state index in [0.29, 0.717) is 23.7 Å². The Balaban J connectivity index is 1.22. The van der Waals surface area contributed by atoms with E-state index in [1.165, 1.54) is 48.6 Å². The molecule has 4 fully saturated rings. The van der Waals surface area contributed by atoms with E-state index >= 15 is 0 Å². The monoisotopic (exact) mass is 322 g/mol. The van der Waals surface area contributed by atoms with Crippen LogP contribution < -0.4 is 5.32 Å². The molecule has 1 amide bonds. The Bertz CT molecular complexity index is 734. The summed E-state index contributed by atoms with van der Waals surface area (Å²) in [5, 5.41) is 4.54. The Morgan fingerprint density at radius 2 is 1.75 bits per heavy atom. The van der Waals surface area contributed by atoms with E-state index in [9.17, 15) is 4.79 Å². The number of aromatic amines is 1. The van der Waals surface area contributed by atoms with Crippen LogP contribution in [-0.4, -0.2) is 17.4 Å². The molecule has 126 valence electrons. The molecule has 3 nitrogen and oxygen atoms in total. The molecule has 4 aliphatic rings. The molecule has 4 aliphatic carbocycles. The first kappa shape index (κ1) is 14.6. The highest BCUT2D eigenvalue weighted by atomic mass is 16.1. The molecule has 0 atom stereocenters. The number of H-pyrrole nitrogens is 1. The highest BCUT2D eigenvalue weighted by Crippen LogP contribution is 2.56. The first-order valence-electron chi connectivity index (χ1n) is 9.60. The van der Waals surface area contributed by atoms with Crippen molar-refractivity contribution in [2.45, 2.75) is 38.5 Å². The molecule has 0 spiro atoms. The molecule has 0 aliphatic heterocycles. The van der Waals surface area contributed by atoms with Crippen LogP contribution in [0.15, 0.2) is 30.5 Å². The van der Waals surface area contributed by atoms with Gasteiger partial charge in [-0.15, -0.1) is 0 Å². The fourth-order valence-electron chi connectivity index (χ4n) is 6.13. The normalized spacial score (nSPS) is 33.9. The van der Waals surface area contributed by atoms with Crippen molar-refractivity contribution in [3.63, 3.8) is 0 Å². The van der Waals surface area contributed by atoms with Gasteiger partial charge in [-0.3, -0.25) is 4.79 Å². The second-order valence-corrected chi connectivity index (χ2v) is 8.36. The lowest BCUT2D eigenvalue weighted by Gasteiger charge is -2.53. The molecule has 0 unspecified atom stereocenters. The largest absolute Gasteiger partial charge is 0.361 e. The molecule has 4 bridgehead atoms. The van der Waals surface area contributed by atoms with Crippen LogP contribution in [0.25, 0.3) is 10.9 Å². The summed E-state index contributed by atoms with van der Waals surface area (Å²) in [4.78, 5) is 16.1. The lowest BCUT2D eigenvalue weighted by atomic mass is 9.51. The van der Waals surface area contributed by atoms with Crippen molar-refractivity contribution in [2.75, 3.05) is 6.54 Å². The quantitative estimate of drug-likeness (QED) is 0.881. The minimum Gasteiger partial charge on any atom is -0.361 e. The van der Waals surface area contributed by atoms with Gasteiger partial charge in [-0.25, -0.2) is 0 Å². The number of nitrogens with one attached hydrogen (secondary N) is 2. The average molecular weight is 322 g/mol. The predicted molar refractivity (Wildman–Crippen MR) is 95.5 cm³/mol. The summed E-state index contributed by atoms with van der Waals surface area (Å²) in [5.41, 5.74) is 2.48. The van der Waals surface area contributed by atoms with Gasteiger partial charge in [-0.2, -0.15) is 0 Å². The van der Waals surface area contributed by atoms with Crippen LogP contribution >= 0.6 is 0 Å². The molecule has 2 aromatic rings. The lowest BCUT2D eigenvalue weighted by Crippen LogP contribution is -2.51. The number of fused-ring (bicyclic) bond motifs is 1. The van der Waals surface area contributed by atoms with Gasteiger partial charge in [-0.1, -0.05) is 18.2 Å². The van der Waals surface area contributed by atoms with Crippen LogP contribution in [-0.2, 0) is 11.2 Å². The molecule has 3 heteroatoms. The van der Waals surface area contributed by atoms with Gasteiger partial charge in [0.15, 0.2) is 0 Å². The molecule has 4 saturated carbocycles. The highest BCUT2D eigenvalue weighted by molar-refractivity contribution is 5.83. The molecule has 2 N–H and O–H groups in total. The Hall–Kier alpha value is -1.77. The Morgan fingerprint density at radius 3 is 2.50 bits per heavy atom. The number of amides is 1. The zero-order valence-corrected chi connectivity index (χ0v) is 14.1. The SMILES string of the molecule is O=C(NCCc1c[nH]c2ccccc12)C1C2CC3CC(C2)CC1C3. The van der Waals surface area contributed by atoms with Gasteiger partial charge < -0.3 is 10.3 Å². The molecule has 0 radical (unpaired) electrons. The Kier molecular flexibility index (Phi) is 3.43. The van der Waals surface area contributed by atoms with Crippen molar-refractivity contribution >= 4 is 16.8 Å². The van der Waals surface area contributed by atoms with E-state index < -0.39 is 0 Å². The number of para-hydroxylation sites is 1. The van der Waals surface area contributed by atoms with Crippen LogP contribution in [0.3, 0.4) is 0 Å². The van der Waals surface area contributed by atoms with E-state index in [2.05, 4.69) is 40.8 Å². The van der Waals surface area contributed by atoms with Crippen molar-refractivity contribution in [3.8, 4) is 0 Å². The van der Waals surface area contributed by atoms with Gasteiger partial charge in [0.05, 0.1) is 0 Å². The van der Waals surface area contributed by atoms with Crippen molar-refractivity contribution < 1.29 is 4.79 Å². The number of hydrogen-bond donors (Lipinski definition) is 2. The molecular formula is C21H26N2O. The van der Waals surface area contributed by atoms with Crippen LogP contribution in [0.2, 0.25) is 0 Å². The highest BCUT2D eigenvalue weighted by Gasteiger charge is 2.50. The summed E-state index contributed by atoms with van der Waals surface area (Å²) in [6.07, 6.45) is 9.69. The molecule has 1 heterocycles. The predicted octanol–water partition coefficient (Wildman–Crippen LogP) is 3.90. The van der Waals surface area contributed by atoms with Crippen LogP contribution in [0, 0.1) is 29.6 Å². The van der Waals surface area contributed by atoms with Gasteiger partial charge >= 0.3 is 0 Å². The van der Waals surface area contributed by atoms with Crippen LogP contribution in [0.1, 0.15) is 37.7 Å². The van der Waals surface area contributed by atoms with Crippen molar-refractivity contribution in [1.82, 2.24) is 10.3 Å². The summed E-state index contributed by atoms with van der Waals surface area (Å²) in [6.45, 7) is 0.753. The summed E-state index contributed by atoms with van der Waals surface area (Å²) in [7, 11) is 0. The van der Waals surface area contributed by atoms with E-state index in [1.807, 2.05) is 0 Å². The number of carbonyl (C=O) groups is 1. The summed E-state index contributed by atoms with van der Waals surface area (Å²) in [5.74, 6) is 3.86. The van der Waals surface area contributed by atoms with Gasteiger partial charge in [0, 0.05) is 29.6 Å².